The van der Waals surface area contributed by atoms with Gasteiger partial charge in [-0.05, 0) is 45.3 Å². The van der Waals surface area contributed by atoms with Gasteiger partial charge >= 0.3 is 0 Å². The first-order chi connectivity index (χ1) is 11.1. The summed E-state index contributed by atoms with van der Waals surface area (Å²) in [6.07, 6.45) is 3.40. The number of fused-ring (bicyclic) bond motifs is 1. The Morgan fingerprint density at radius 1 is 1.35 bits per heavy atom. The highest BCUT2D eigenvalue weighted by Gasteiger charge is 2.19. The number of likely N-dealkylation sites (N-methyl/N-ethyl adjacent to an activating group) is 1. The molecule has 3 heterocycles. The van der Waals surface area contributed by atoms with Gasteiger partial charge in [0.25, 0.3) is 5.91 Å². The molecule has 23 heavy (non-hydrogen) atoms. The first-order valence-corrected chi connectivity index (χ1v) is 7.49. The van der Waals surface area contributed by atoms with Crippen LogP contribution in [-0.2, 0) is 0 Å². The predicted octanol–water partition coefficient (Wildman–Crippen LogP) is 2.27. The van der Waals surface area contributed by atoms with E-state index in [4.69, 9.17) is 4.42 Å². The average molecular weight is 312 g/mol. The van der Waals surface area contributed by atoms with E-state index in [1.165, 1.54) is 0 Å². The fraction of sp³-hybridized carbons (Fsp3) is 0.294. The molecule has 0 saturated heterocycles. The number of hydrogen-bond donors (Lipinski definition) is 1. The van der Waals surface area contributed by atoms with Crippen LogP contribution in [0.5, 0.6) is 0 Å². The lowest BCUT2D eigenvalue weighted by molar-refractivity contribution is 0.0934. The SMILES string of the molecule is Cc1cccc2nc(C(=O)NC[C@H](c3ccco3)N(C)C)cn12. The number of aryl methyl sites for hydroxylation is 1. The summed E-state index contributed by atoms with van der Waals surface area (Å²) in [4.78, 5) is 18.8. The first-order valence-electron chi connectivity index (χ1n) is 7.49. The molecule has 0 spiro atoms. The van der Waals surface area contributed by atoms with Crippen molar-refractivity contribution in [2.75, 3.05) is 20.6 Å². The minimum atomic E-state index is -0.188. The van der Waals surface area contributed by atoms with E-state index < -0.39 is 0 Å². The topological polar surface area (TPSA) is 62.8 Å². The highest BCUT2D eigenvalue weighted by atomic mass is 16.3. The van der Waals surface area contributed by atoms with Crippen molar-refractivity contribution >= 4 is 11.6 Å². The summed E-state index contributed by atoms with van der Waals surface area (Å²) < 4.78 is 7.35. The van der Waals surface area contributed by atoms with Crippen molar-refractivity contribution in [3.8, 4) is 0 Å². The number of nitrogens with zero attached hydrogens (tertiary/aromatic N) is 3. The normalized spacial score (nSPS) is 12.7. The molecule has 0 aromatic carbocycles. The van der Waals surface area contributed by atoms with E-state index in [-0.39, 0.29) is 11.9 Å². The second-order valence-corrected chi connectivity index (χ2v) is 5.73. The molecule has 0 bridgehead atoms. The molecule has 0 aliphatic rings. The van der Waals surface area contributed by atoms with Crippen LogP contribution in [0.1, 0.15) is 28.0 Å². The number of carbonyl (C=O) groups excluding carboxylic acids is 1. The third-order valence-corrected chi connectivity index (χ3v) is 3.88. The smallest absolute Gasteiger partial charge is 0.271 e. The van der Waals surface area contributed by atoms with Gasteiger partial charge in [-0.2, -0.15) is 0 Å². The van der Waals surface area contributed by atoms with Crippen LogP contribution in [0.15, 0.2) is 47.2 Å². The molecule has 3 aromatic rings. The van der Waals surface area contributed by atoms with Gasteiger partial charge in [0.05, 0.1) is 12.3 Å². The molecule has 3 rings (SSSR count). The maximum atomic E-state index is 12.4. The number of nitrogens with one attached hydrogen (secondary N) is 1. The number of hydrogen-bond acceptors (Lipinski definition) is 4. The van der Waals surface area contributed by atoms with Crippen LogP contribution in [0, 0.1) is 6.92 Å². The first kappa shape index (κ1) is 15.3. The second-order valence-electron chi connectivity index (χ2n) is 5.73. The van der Waals surface area contributed by atoms with Crippen LogP contribution in [0.3, 0.4) is 0 Å². The van der Waals surface area contributed by atoms with Crippen molar-refractivity contribution < 1.29 is 9.21 Å². The van der Waals surface area contributed by atoms with E-state index in [1.807, 2.05) is 60.7 Å². The Morgan fingerprint density at radius 2 is 2.17 bits per heavy atom. The fourth-order valence-corrected chi connectivity index (χ4v) is 2.56. The van der Waals surface area contributed by atoms with Gasteiger partial charge in [-0.25, -0.2) is 4.98 Å². The molecule has 0 radical (unpaired) electrons. The predicted molar refractivity (Wildman–Crippen MR) is 87.4 cm³/mol. The third-order valence-electron chi connectivity index (χ3n) is 3.88. The van der Waals surface area contributed by atoms with Crippen molar-refractivity contribution in [1.29, 1.82) is 0 Å². The van der Waals surface area contributed by atoms with Crippen molar-refractivity contribution in [3.05, 3.63) is 59.9 Å². The van der Waals surface area contributed by atoms with Gasteiger partial charge in [0.2, 0.25) is 0 Å². The molecule has 3 aromatic heterocycles. The zero-order valence-electron chi connectivity index (χ0n) is 13.5. The van der Waals surface area contributed by atoms with Gasteiger partial charge in [0.1, 0.15) is 17.1 Å². The highest BCUT2D eigenvalue weighted by molar-refractivity contribution is 5.92. The Kier molecular flexibility index (Phi) is 4.16. The summed E-state index contributed by atoms with van der Waals surface area (Å²) >= 11 is 0. The molecular formula is C17H20N4O2. The number of furan rings is 1. The fourth-order valence-electron chi connectivity index (χ4n) is 2.56. The molecule has 1 N–H and O–H groups in total. The van der Waals surface area contributed by atoms with Gasteiger partial charge in [0, 0.05) is 18.4 Å². The Bertz CT molecular complexity index is 805. The van der Waals surface area contributed by atoms with Crippen LogP contribution < -0.4 is 5.32 Å². The zero-order valence-corrected chi connectivity index (χ0v) is 13.5. The zero-order chi connectivity index (χ0) is 16.4. The standard InChI is InChI=1S/C17H20N4O2/c1-12-6-4-8-16-19-13(11-21(12)16)17(22)18-10-14(20(2)3)15-7-5-9-23-15/h4-9,11,14H,10H2,1-3H3,(H,18,22)/t14-/m1/s1. The van der Waals surface area contributed by atoms with Crippen LogP contribution in [0.2, 0.25) is 0 Å². The molecule has 1 amide bonds. The van der Waals surface area contributed by atoms with Gasteiger partial charge in [-0.1, -0.05) is 6.07 Å². The van der Waals surface area contributed by atoms with E-state index in [2.05, 4.69) is 10.3 Å². The minimum Gasteiger partial charge on any atom is -0.468 e. The van der Waals surface area contributed by atoms with Crippen LogP contribution in [0.4, 0.5) is 0 Å². The lowest BCUT2D eigenvalue weighted by atomic mass is 10.2. The summed E-state index contributed by atoms with van der Waals surface area (Å²) in [5.41, 5.74) is 2.22. The molecule has 120 valence electrons. The second kappa shape index (κ2) is 6.26. The monoisotopic (exact) mass is 312 g/mol. The van der Waals surface area contributed by atoms with Crippen molar-refractivity contribution in [2.24, 2.45) is 0 Å². The Balaban J connectivity index is 1.74. The molecule has 6 nitrogen and oxygen atoms in total. The van der Waals surface area contributed by atoms with Gasteiger partial charge in [-0.15, -0.1) is 0 Å². The number of pyridine rings is 1. The Hall–Kier alpha value is -2.60. The lowest BCUT2D eigenvalue weighted by Gasteiger charge is -2.22. The summed E-state index contributed by atoms with van der Waals surface area (Å²) in [6.45, 7) is 2.43. The van der Waals surface area contributed by atoms with E-state index in [9.17, 15) is 4.79 Å². The maximum absolute atomic E-state index is 12.4. The molecule has 1 atom stereocenters. The lowest BCUT2D eigenvalue weighted by Crippen LogP contribution is -2.34. The van der Waals surface area contributed by atoms with Crippen molar-refractivity contribution in [3.63, 3.8) is 0 Å². The highest BCUT2D eigenvalue weighted by Crippen LogP contribution is 2.17. The van der Waals surface area contributed by atoms with Crippen molar-refractivity contribution in [1.82, 2.24) is 19.6 Å². The number of amides is 1. The Morgan fingerprint density at radius 3 is 2.83 bits per heavy atom. The number of aromatic nitrogens is 2. The van der Waals surface area contributed by atoms with E-state index in [0.29, 0.717) is 12.2 Å². The Labute approximate surface area is 134 Å². The van der Waals surface area contributed by atoms with Gasteiger partial charge in [-0.3, -0.25) is 9.69 Å². The molecule has 0 fully saturated rings. The van der Waals surface area contributed by atoms with Gasteiger partial charge in [0.15, 0.2) is 0 Å². The van der Waals surface area contributed by atoms with Gasteiger partial charge < -0.3 is 14.1 Å². The molecular weight excluding hydrogens is 292 g/mol. The molecule has 0 aliphatic heterocycles. The van der Waals surface area contributed by atoms with E-state index in [0.717, 1.165) is 17.1 Å². The number of carbonyl (C=O) groups is 1. The summed E-state index contributed by atoms with van der Waals surface area (Å²) in [7, 11) is 3.90. The molecule has 0 saturated carbocycles. The number of imidazole rings is 1. The molecule has 6 heteroatoms. The van der Waals surface area contributed by atoms with Crippen molar-refractivity contribution in [2.45, 2.75) is 13.0 Å². The van der Waals surface area contributed by atoms with E-state index in [1.54, 1.807) is 12.5 Å². The largest absolute Gasteiger partial charge is 0.468 e. The molecule has 0 unspecified atom stereocenters. The average Bonchev–Trinajstić information content (AvgIpc) is 3.16. The van der Waals surface area contributed by atoms with Crippen LogP contribution >= 0.6 is 0 Å². The summed E-state index contributed by atoms with van der Waals surface area (Å²) in [6, 6.07) is 9.53. The third kappa shape index (κ3) is 3.12. The maximum Gasteiger partial charge on any atom is 0.271 e. The van der Waals surface area contributed by atoms with E-state index >= 15 is 0 Å². The minimum absolute atomic E-state index is 0.0206. The molecule has 0 aliphatic carbocycles. The summed E-state index contributed by atoms with van der Waals surface area (Å²) in [5, 5.41) is 2.93. The van der Waals surface area contributed by atoms with Crippen LogP contribution in [0.25, 0.3) is 5.65 Å². The number of rotatable bonds is 5. The summed E-state index contributed by atoms with van der Waals surface area (Å²) in [5.74, 6) is 0.632. The van der Waals surface area contributed by atoms with Crippen LogP contribution in [-0.4, -0.2) is 40.8 Å². The quantitative estimate of drug-likeness (QED) is 0.785.